The molecule has 2 N–H and O–H groups in total. The molecule has 1 aromatic heterocycles. The number of aromatic amines is 1. The van der Waals surface area contributed by atoms with Crippen molar-refractivity contribution >= 4 is 26.2 Å². The Bertz CT molecular complexity index is 1260. The average Bonchev–Trinajstić information content (AvgIpc) is 3.35. The third kappa shape index (κ3) is 7.51. The second kappa shape index (κ2) is 13.0. The van der Waals surface area contributed by atoms with Crippen molar-refractivity contribution in [2.75, 3.05) is 13.7 Å². The van der Waals surface area contributed by atoms with Crippen LogP contribution in [0.25, 0.3) is 0 Å². The molecule has 0 spiro atoms. The number of nitrogens with one attached hydrogen (secondary N) is 2. The van der Waals surface area contributed by atoms with Gasteiger partial charge in [0.25, 0.3) is 0 Å². The zero-order chi connectivity index (χ0) is 29.7. The summed E-state index contributed by atoms with van der Waals surface area (Å²) in [7, 11) is -0.609. The molecule has 8 nitrogen and oxygen atoms in total. The highest BCUT2D eigenvalue weighted by atomic mass is 28.4. The summed E-state index contributed by atoms with van der Waals surface area (Å²) in [6.07, 6.45) is 1.60. The predicted molar refractivity (Wildman–Crippen MR) is 158 cm³/mol. The van der Waals surface area contributed by atoms with Gasteiger partial charge in [0.05, 0.1) is 13.2 Å². The van der Waals surface area contributed by atoms with E-state index in [0.717, 1.165) is 28.0 Å². The fourth-order valence-electron chi connectivity index (χ4n) is 4.63. The van der Waals surface area contributed by atoms with Gasteiger partial charge < -0.3 is 24.2 Å². The van der Waals surface area contributed by atoms with Crippen LogP contribution < -0.4 is 5.32 Å². The monoisotopic (exact) mass is 568 g/mol. The molecule has 2 heterocycles. The summed E-state index contributed by atoms with van der Waals surface area (Å²) in [5.74, 6) is -0.931. The summed E-state index contributed by atoms with van der Waals surface area (Å²) in [6.45, 7) is 15.6. The number of ether oxygens (including phenoxy) is 2. The average molecular weight is 569 g/mol. The first-order valence-electron chi connectivity index (χ1n) is 13.9. The van der Waals surface area contributed by atoms with Gasteiger partial charge in [-0.2, -0.15) is 0 Å². The number of hydrogen-bond acceptors (Lipinski definition) is 6. The largest absolute Gasteiger partial charge is 0.469 e. The molecule has 0 aliphatic carbocycles. The number of amides is 1. The minimum absolute atomic E-state index is 0.0893. The molecule has 218 valence electrons. The van der Waals surface area contributed by atoms with E-state index >= 15 is 0 Å². The Morgan fingerprint density at radius 1 is 1.05 bits per heavy atom. The van der Waals surface area contributed by atoms with Crippen molar-refractivity contribution < 1.29 is 28.3 Å². The van der Waals surface area contributed by atoms with Crippen molar-refractivity contribution in [2.45, 2.75) is 91.1 Å². The SMILES string of the molecule is COC(=O)CCC1=C(C)C(Cc2[nH]c(C(=O)OCc3ccccc3)c(C)c2CCO[Si](C)(C)C(C)(C)C)NC1=O. The first-order chi connectivity index (χ1) is 18.7. The summed E-state index contributed by atoms with van der Waals surface area (Å²) in [5.41, 5.74) is 5.57. The molecule has 2 aromatic rings. The Hall–Kier alpha value is -3.17. The molecule has 0 fully saturated rings. The Labute approximate surface area is 239 Å². The number of carbonyl (C=O) groups is 3. The summed E-state index contributed by atoms with van der Waals surface area (Å²) >= 11 is 0. The van der Waals surface area contributed by atoms with E-state index in [1.165, 1.54) is 7.11 Å². The van der Waals surface area contributed by atoms with Gasteiger partial charge in [0, 0.05) is 30.7 Å². The highest BCUT2D eigenvalue weighted by Crippen LogP contribution is 2.37. The zero-order valence-electron chi connectivity index (χ0n) is 25.2. The Kier molecular flexibility index (Phi) is 10.2. The van der Waals surface area contributed by atoms with E-state index in [1.54, 1.807) is 0 Å². The van der Waals surface area contributed by atoms with Gasteiger partial charge >= 0.3 is 11.9 Å². The maximum Gasteiger partial charge on any atom is 0.355 e. The lowest BCUT2D eigenvalue weighted by Gasteiger charge is -2.36. The number of hydrogen-bond donors (Lipinski definition) is 2. The number of aromatic nitrogens is 1. The van der Waals surface area contributed by atoms with Gasteiger partial charge in [-0.05, 0) is 67.1 Å². The van der Waals surface area contributed by atoms with Gasteiger partial charge in [0.1, 0.15) is 12.3 Å². The van der Waals surface area contributed by atoms with Gasteiger partial charge in [0.2, 0.25) is 5.91 Å². The van der Waals surface area contributed by atoms with Crippen LogP contribution in [0, 0.1) is 6.92 Å². The molecule has 1 atom stereocenters. The molecule has 0 radical (unpaired) electrons. The van der Waals surface area contributed by atoms with E-state index < -0.39 is 14.3 Å². The highest BCUT2D eigenvalue weighted by Gasteiger charge is 2.37. The van der Waals surface area contributed by atoms with Crippen LogP contribution in [-0.2, 0) is 42.9 Å². The fraction of sp³-hybridized carbons (Fsp3) is 0.516. The Morgan fingerprint density at radius 3 is 2.35 bits per heavy atom. The Morgan fingerprint density at radius 2 is 1.73 bits per heavy atom. The smallest absolute Gasteiger partial charge is 0.355 e. The molecule has 0 bridgehead atoms. The van der Waals surface area contributed by atoms with Crippen molar-refractivity contribution in [1.82, 2.24) is 10.3 Å². The topological polar surface area (TPSA) is 107 Å². The van der Waals surface area contributed by atoms with Gasteiger partial charge in [-0.3, -0.25) is 9.59 Å². The third-order valence-electron chi connectivity index (χ3n) is 8.30. The van der Waals surface area contributed by atoms with E-state index in [4.69, 9.17) is 13.9 Å². The molecule has 1 aromatic carbocycles. The van der Waals surface area contributed by atoms with Crippen LogP contribution in [0.4, 0.5) is 0 Å². The molecule has 0 saturated heterocycles. The number of H-pyrrole nitrogens is 1. The molecule has 9 heteroatoms. The Balaban J connectivity index is 1.84. The summed E-state index contributed by atoms with van der Waals surface area (Å²) in [5, 5.41) is 3.14. The predicted octanol–water partition coefficient (Wildman–Crippen LogP) is 5.56. The quantitative estimate of drug-likeness (QED) is 0.257. The summed E-state index contributed by atoms with van der Waals surface area (Å²) in [6, 6.07) is 9.33. The standard InChI is InChI=1S/C31H44N2O6Si/c1-20-24(14-15-27(34)37-6)29(35)33-25(20)18-26-23(16-17-39-40(7,8)31(3,4)5)21(2)28(32-26)30(36)38-19-22-12-10-9-11-13-22/h9-13,25,32H,14-19H2,1-8H3,(H,33,35). The van der Waals surface area contributed by atoms with Crippen molar-refractivity contribution in [1.29, 1.82) is 0 Å². The molecule has 1 amide bonds. The zero-order valence-corrected chi connectivity index (χ0v) is 26.2. The molecule has 1 unspecified atom stereocenters. The van der Waals surface area contributed by atoms with Gasteiger partial charge in [0.15, 0.2) is 8.32 Å². The number of carbonyl (C=O) groups excluding carboxylic acids is 3. The minimum Gasteiger partial charge on any atom is -0.469 e. The summed E-state index contributed by atoms with van der Waals surface area (Å²) < 4.78 is 16.8. The number of methoxy groups -OCH3 is 1. The molecule has 0 saturated carbocycles. The van der Waals surface area contributed by atoms with E-state index in [0.29, 0.717) is 37.1 Å². The van der Waals surface area contributed by atoms with Crippen LogP contribution in [0.5, 0.6) is 0 Å². The molecular formula is C31H44N2O6Si. The van der Waals surface area contributed by atoms with Crippen molar-refractivity contribution in [3.05, 3.63) is 69.6 Å². The van der Waals surface area contributed by atoms with Crippen molar-refractivity contribution in [3.8, 4) is 0 Å². The van der Waals surface area contributed by atoms with Crippen LogP contribution in [0.1, 0.15) is 73.4 Å². The highest BCUT2D eigenvalue weighted by molar-refractivity contribution is 6.74. The second-order valence-corrected chi connectivity index (χ2v) is 16.8. The van der Waals surface area contributed by atoms with Crippen LogP contribution >= 0.6 is 0 Å². The maximum atomic E-state index is 13.2. The third-order valence-corrected chi connectivity index (χ3v) is 12.8. The van der Waals surface area contributed by atoms with Crippen LogP contribution in [0.15, 0.2) is 41.5 Å². The van der Waals surface area contributed by atoms with Crippen molar-refractivity contribution in [2.24, 2.45) is 0 Å². The minimum atomic E-state index is -1.95. The maximum absolute atomic E-state index is 13.2. The molecular weight excluding hydrogens is 524 g/mol. The lowest BCUT2D eigenvalue weighted by atomic mass is 9.97. The van der Waals surface area contributed by atoms with E-state index in [-0.39, 0.29) is 36.0 Å². The van der Waals surface area contributed by atoms with Gasteiger partial charge in [-0.1, -0.05) is 51.1 Å². The van der Waals surface area contributed by atoms with E-state index in [2.05, 4.69) is 44.2 Å². The normalized spacial score (nSPS) is 15.8. The summed E-state index contributed by atoms with van der Waals surface area (Å²) in [4.78, 5) is 40.9. The molecule has 1 aliphatic heterocycles. The lowest BCUT2D eigenvalue weighted by Crippen LogP contribution is -2.41. The number of rotatable bonds is 12. The second-order valence-electron chi connectivity index (χ2n) is 12.0. The number of benzene rings is 1. The lowest BCUT2D eigenvalue weighted by molar-refractivity contribution is -0.140. The van der Waals surface area contributed by atoms with Gasteiger partial charge in [-0.25, -0.2) is 4.79 Å². The van der Waals surface area contributed by atoms with E-state index in [9.17, 15) is 14.4 Å². The van der Waals surface area contributed by atoms with Crippen LogP contribution in [0.2, 0.25) is 18.1 Å². The number of esters is 2. The van der Waals surface area contributed by atoms with Crippen LogP contribution in [0.3, 0.4) is 0 Å². The fourth-order valence-corrected chi connectivity index (χ4v) is 5.67. The van der Waals surface area contributed by atoms with E-state index in [1.807, 2.05) is 44.2 Å². The molecule has 3 rings (SSSR count). The first kappa shape index (κ1) is 31.4. The first-order valence-corrected chi connectivity index (χ1v) is 16.8. The molecule has 1 aliphatic rings. The van der Waals surface area contributed by atoms with Gasteiger partial charge in [-0.15, -0.1) is 0 Å². The van der Waals surface area contributed by atoms with Crippen LogP contribution in [-0.4, -0.2) is 50.9 Å². The molecule has 40 heavy (non-hydrogen) atoms. The van der Waals surface area contributed by atoms with Crippen molar-refractivity contribution in [3.63, 3.8) is 0 Å².